The van der Waals surface area contributed by atoms with E-state index in [1.54, 1.807) is 28.7 Å². The van der Waals surface area contributed by atoms with Gasteiger partial charge in [0.15, 0.2) is 0 Å². The van der Waals surface area contributed by atoms with Crippen molar-refractivity contribution in [2.24, 2.45) is 0 Å². The minimum atomic E-state index is -0.167. The van der Waals surface area contributed by atoms with Crippen molar-refractivity contribution in [3.05, 3.63) is 63.2 Å². The Kier molecular flexibility index (Phi) is 4.43. The van der Waals surface area contributed by atoms with Gasteiger partial charge in [-0.25, -0.2) is 9.37 Å². The van der Waals surface area contributed by atoms with Crippen LogP contribution in [-0.2, 0) is 13.1 Å². The smallest absolute Gasteiger partial charge is 0.131 e. The van der Waals surface area contributed by atoms with E-state index in [0.717, 1.165) is 28.5 Å². The van der Waals surface area contributed by atoms with E-state index in [2.05, 4.69) is 10.3 Å². The van der Waals surface area contributed by atoms with Gasteiger partial charge in [0, 0.05) is 34.6 Å². The normalized spacial score (nSPS) is 11.0. The highest BCUT2D eigenvalue weighted by Crippen LogP contribution is 2.28. The molecule has 0 bridgehead atoms. The van der Waals surface area contributed by atoms with Gasteiger partial charge in [0.1, 0.15) is 5.82 Å². The Morgan fingerprint density at radius 2 is 2.14 bits per heavy atom. The SMILES string of the molecule is Cc1ncc(CNCc2ccc(F)c(-c3cccs3)c2)s1. The van der Waals surface area contributed by atoms with Crippen LogP contribution in [0.1, 0.15) is 15.4 Å². The van der Waals surface area contributed by atoms with Crippen LogP contribution in [0.2, 0.25) is 0 Å². The molecule has 1 N–H and O–H groups in total. The lowest BCUT2D eigenvalue weighted by Gasteiger charge is -2.06. The summed E-state index contributed by atoms with van der Waals surface area (Å²) in [6, 6.07) is 9.18. The monoisotopic (exact) mass is 318 g/mol. The van der Waals surface area contributed by atoms with Crippen LogP contribution in [0.4, 0.5) is 4.39 Å². The molecule has 0 aliphatic rings. The third-order valence-corrected chi connectivity index (χ3v) is 4.93. The Labute approximate surface area is 131 Å². The van der Waals surface area contributed by atoms with Gasteiger partial charge in [-0.05, 0) is 36.1 Å². The minimum absolute atomic E-state index is 0.167. The first-order valence-corrected chi connectivity index (χ1v) is 8.36. The summed E-state index contributed by atoms with van der Waals surface area (Å²) >= 11 is 3.25. The Morgan fingerprint density at radius 3 is 2.86 bits per heavy atom. The second kappa shape index (κ2) is 6.47. The maximum absolute atomic E-state index is 13.9. The van der Waals surface area contributed by atoms with Crippen molar-refractivity contribution in [1.82, 2.24) is 10.3 Å². The molecule has 0 spiro atoms. The summed E-state index contributed by atoms with van der Waals surface area (Å²) in [5, 5.41) is 6.42. The van der Waals surface area contributed by atoms with Crippen LogP contribution in [0, 0.1) is 12.7 Å². The van der Waals surface area contributed by atoms with Gasteiger partial charge in [0.25, 0.3) is 0 Å². The van der Waals surface area contributed by atoms with E-state index < -0.39 is 0 Å². The molecule has 0 aliphatic heterocycles. The summed E-state index contributed by atoms with van der Waals surface area (Å²) in [6.07, 6.45) is 1.90. The lowest BCUT2D eigenvalue weighted by molar-refractivity contribution is 0.629. The van der Waals surface area contributed by atoms with Gasteiger partial charge < -0.3 is 5.32 Å². The third kappa shape index (κ3) is 3.56. The average Bonchev–Trinajstić information content (AvgIpc) is 3.12. The summed E-state index contributed by atoms with van der Waals surface area (Å²) in [4.78, 5) is 6.41. The Balaban J connectivity index is 1.67. The van der Waals surface area contributed by atoms with E-state index in [9.17, 15) is 4.39 Å². The molecule has 108 valence electrons. The van der Waals surface area contributed by atoms with E-state index in [-0.39, 0.29) is 5.82 Å². The van der Waals surface area contributed by atoms with Crippen molar-refractivity contribution < 1.29 is 4.39 Å². The summed E-state index contributed by atoms with van der Waals surface area (Å²) in [6.45, 7) is 3.51. The summed E-state index contributed by atoms with van der Waals surface area (Å²) in [5.74, 6) is -0.167. The molecule has 0 saturated carbocycles. The van der Waals surface area contributed by atoms with E-state index >= 15 is 0 Å². The fourth-order valence-corrected chi connectivity index (χ4v) is 3.63. The number of aromatic nitrogens is 1. The molecule has 0 amide bonds. The quantitative estimate of drug-likeness (QED) is 0.743. The zero-order chi connectivity index (χ0) is 14.7. The van der Waals surface area contributed by atoms with Crippen LogP contribution in [0.5, 0.6) is 0 Å². The Bertz CT molecular complexity index is 720. The van der Waals surface area contributed by atoms with Crippen LogP contribution in [-0.4, -0.2) is 4.98 Å². The molecule has 3 aromatic rings. The van der Waals surface area contributed by atoms with Crippen LogP contribution in [0.3, 0.4) is 0 Å². The van der Waals surface area contributed by atoms with Crippen molar-refractivity contribution >= 4 is 22.7 Å². The number of nitrogens with one attached hydrogen (secondary N) is 1. The fraction of sp³-hybridized carbons (Fsp3) is 0.188. The van der Waals surface area contributed by atoms with Crippen molar-refractivity contribution in [1.29, 1.82) is 0 Å². The fourth-order valence-electron chi connectivity index (χ4n) is 2.12. The number of benzene rings is 1. The van der Waals surface area contributed by atoms with Crippen molar-refractivity contribution in [3.8, 4) is 10.4 Å². The third-order valence-electron chi connectivity index (χ3n) is 3.11. The Morgan fingerprint density at radius 1 is 1.24 bits per heavy atom. The summed E-state index contributed by atoms with van der Waals surface area (Å²) < 4.78 is 13.9. The number of thiophene rings is 1. The molecule has 3 rings (SSSR count). The molecule has 2 heterocycles. The van der Waals surface area contributed by atoms with Gasteiger partial charge in [-0.15, -0.1) is 22.7 Å². The number of hydrogen-bond donors (Lipinski definition) is 1. The van der Waals surface area contributed by atoms with E-state index in [4.69, 9.17) is 0 Å². The zero-order valence-electron chi connectivity index (χ0n) is 11.6. The predicted octanol–water partition coefficient (Wildman–Crippen LogP) is 4.61. The molecule has 0 unspecified atom stereocenters. The molecule has 0 fully saturated rings. The van der Waals surface area contributed by atoms with Gasteiger partial charge in [-0.2, -0.15) is 0 Å². The number of rotatable bonds is 5. The second-order valence-corrected chi connectivity index (χ2v) is 7.01. The van der Waals surface area contributed by atoms with Gasteiger partial charge in [-0.1, -0.05) is 12.1 Å². The number of aryl methyl sites for hydroxylation is 1. The van der Waals surface area contributed by atoms with Gasteiger partial charge in [0.2, 0.25) is 0 Å². The molecular weight excluding hydrogens is 303 g/mol. The van der Waals surface area contributed by atoms with Gasteiger partial charge in [0.05, 0.1) is 5.01 Å². The standard InChI is InChI=1S/C16H15FN2S2/c1-11-19-10-13(21-11)9-18-8-12-4-5-15(17)14(7-12)16-3-2-6-20-16/h2-7,10,18H,8-9H2,1H3. The minimum Gasteiger partial charge on any atom is -0.308 e. The molecule has 0 radical (unpaired) electrons. The molecule has 0 saturated heterocycles. The van der Waals surface area contributed by atoms with Crippen LogP contribution in [0.25, 0.3) is 10.4 Å². The zero-order valence-corrected chi connectivity index (χ0v) is 13.2. The molecule has 1 aromatic carbocycles. The molecule has 5 heteroatoms. The first-order chi connectivity index (χ1) is 10.2. The predicted molar refractivity (Wildman–Crippen MR) is 87.1 cm³/mol. The average molecular weight is 318 g/mol. The maximum atomic E-state index is 13.9. The number of halogens is 1. The van der Waals surface area contributed by atoms with E-state index in [1.165, 1.54) is 4.88 Å². The lowest BCUT2D eigenvalue weighted by atomic mass is 10.1. The number of hydrogen-bond acceptors (Lipinski definition) is 4. The first kappa shape index (κ1) is 14.4. The first-order valence-electron chi connectivity index (χ1n) is 6.67. The second-order valence-electron chi connectivity index (χ2n) is 4.74. The lowest BCUT2D eigenvalue weighted by Crippen LogP contribution is -2.11. The van der Waals surface area contributed by atoms with Crippen LogP contribution < -0.4 is 5.32 Å². The topological polar surface area (TPSA) is 24.9 Å². The van der Waals surface area contributed by atoms with Gasteiger partial charge >= 0.3 is 0 Å². The molecule has 2 aromatic heterocycles. The number of nitrogens with zero attached hydrogens (tertiary/aromatic N) is 1. The Hall–Kier alpha value is -1.56. The highest BCUT2D eigenvalue weighted by atomic mass is 32.1. The molecule has 21 heavy (non-hydrogen) atoms. The van der Waals surface area contributed by atoms with Crippen molar-refractivity contribution in [2.75, 3.05) is 0 Å². The molecular formula is C16H15FN2S2. The van der Waals surface area contributed by atoms with Crippen molar-refractivity contribution in [3.63, 3.8) is 0 Å². The molecule has 0 aliphatic carbocycles. The van der Waals surface area contributed by atoms with E-state index in [1.807, 2.05) is 42.8 Å². The highest BCUT2D eigenvalue weighted by Gasteiger charge is 2.07. The van der Waals surface area contributed by atoms with E-state index in [0.29, 0.717) is 5.56 Å². The summed E-state index contributed by atoms with van der Waals surface area (Å²) in [7, 11) is 0. The highest BCUT2D eigenvalue weighted by molar-refractivity contribution is 7.13. The summed E-state index contributed by atoms with van der Waals surface area (Å²) in [5.41, 5.74) is 1.76. The largest absolute Gasteiger partial charge is 0.308 e. The molecule has 0 atom stereocenters. The van der Waals surface area contributed by atoms with Crippen LogP contribution in [0.15, 0.2) is 41.9 Å². The number of thiazole rings is 1. The van der Waals surface area contributed by atoms with Crippen molar-refractivity contribution in [2.45, 2.75) is 20.0 Å². The maximum Gasteiger partial charge on any atom is 0.131 e. The van der Waals surface area contributed by atoms with Crippen LogP contribution >= 0.6 is 22.7 Å². The van der Waals surface area contributed by atoms with Gasteiger partial charge in [-0.3, -0.25) is 0 Å². The molecule has 2 nitrogen and oxygen atoms in total.